The van der Waals surface area contributed by atoms with Crippen molar-refractivity contribution in [3.05, 3.63) is 0 Å². The molecule has 3 rings (SSSR count). The van der Waals surface area contributed by atoms with E-state index >= 15 is 0 Å². The number of hydrogen-bond donors (Lipinski definition) is 1. The highest BCUT2D eigenvalue weighted by atomic mass is 31.2. The van der Waals surface area contributed by atoms with E-state index in [1.807, 2.05) is 0 Å². The Morgan fingerprint density at radius 2 is 0.889 bits per heavy atom. The van der Waals surface area contributed by atoms with Crippen molar-refractivity contribution in [1.82, 2.24) is 19.1 Å². The van der Waals surface area contributed by atoms with E-state index in [4.69, 9.17) is 0 Å². The lowest BCUT2D eigenvalue weighted by Crippen LogP contribution is -2.48. The molecule has 0 aliphatic carbocycles. The highest BCUT2D eigenvalue weighted by molar-refractivity contribution is 7.67. The molecule has 0 unspecified atom stereocenters. The number of rotatable bonds is 4. The summed E-state index contributed by atoms with van der Waals surface area (Å²) in [4.78, 5) is 0. The first kappa shape index (κ1) is 13.3. The van der Waals surface area contributed by atoms with E-state index in [9.17, 15) is 0 Å². The SMILES string of the molecule is CN[P+](N1CCCC1)(N1CCCC1)N1CCCC1. The summed E-state index contributed by atoms with van der Waals surface area (Å²) < 4.78 is 8.43. The van der Waals surface area contributed by atoms with E-state index in [1.54, 1.807) is 0 Å². The van der Waals surface area contributed by atoms with Gasteiger partial charge in [-0.3, -0.25) is 0 Å². The van der Waals surface area contributed by atoms with Crippen LogP contribution in [0.3, 0.4) is 0 Å². The Morgan fingerprint density at radius 3 is 1.11 bits per heavy atom. The third kappa shape index (κ3) is 2.12. The average molecular weight is 271 g/mol. The van der Waals surface area contributed by atoms with Gasteiger partial charge in [-0.1, -0.05) is 0 Å². The van der Waals surface area contributed by atoms with Crippen LogP contribution in [0.15, 0.2) is 0 Å². The van der Waals surface area contributed by atoms with E-state index in [0.29, 0.717) is 0 Å². The molecule has 5 heteroatoms. The molecule has 4 nitrogen and oxygen atoms in total. The molecule has 3 saturated heterocycles. The minimum absolute atomic E-state index is 1.31. The summed E-state index contributed by atoms with van der Waals surface area (Å²) >= 11 is 0. The maximum absolute atomic E-state index is 3.83. The first-order valence-electron chi connectivity index (χ1n) is 7.72. The molecule has 0 radical (unpaired) electrons. The van der Waals surface area contributed by atoms with Gasteiger partial charge >= 0.3 is 7.87 Å². The second-order valence-electron chi connectivity index (χ2n) is 5.77. The lowest BCUT2D eigenvalue weighted by molar-refractivity contribution is 0.362. The Bertz CT molecular complexity index is 227. The lowest BCUT2D eigenvalue weighted by atomic mass is 10.4. The second-order valence-corrected chi connectivity index (χ2v) is 9.06. The first-order chi connectivity index (χ1) is 8.88. The Balaban J connectivity index is 1.87. The van der Waals surface area contributed by atoms with Crippen LogP contribution < -0.4 is 5.09 Å². The molecular weight excluding hydrogens is 243 g/mol. The third-order valence-electron chi connectivity index (χ3n) is 4.73. The van der Waals surface area contributed by atoms with Gasteiger partial charge in [-0.15, -0.1) is 19.1 Å². The summed E-state index contributed by atoms with van der Waals surface area (Å²) in [6.07, 6.45) is 8.36. The van der Waals surface area contributed by atoms with Crippen LogP contribution in [-0.4, -0.2) is 60.3 Å². The van der Waals surface area contributed by atoms with Gasteiger partial charge in [0.1, 0.15) is 0 Å². The molecule has 18 heavy (non-hydrogen) atoms. The van der Waals surface area contributed by atoms with Crippen LogP contribution in [-0.2, 0) is 0 Å². The van der Waals surface area contributed by atoms with Crippen molar-refractivity contribution in [2.45, 2.75) is 38.5 Å². The summed E-state index contributed by atoms with van der Waals surface area (Å²) in [6, 6.07) is 0. The maximum atomic E-state index is 3.83. The van der Waals surface area contributed by atoms with E-state index in [-0.39, 0.29) is 0 Å². The molecule has 3 aliphatic heterocycles. The number of hydrogen-bond acceptors (Lipinski definition) is 4. The predicted octanol–water partition coefficient (Wildman–Crippen LogP) is 2.17. The van der Waals surface area contributed by atoms with E-state index < -0.39 is 7.87 Å². The summed E-state index contributed by atoms with van der Waals surface area (Å²) in [5.41, 5.74) is 0. The molecule has 104 valence electrons. The lowest BCUT2D eigenvalue weighted by Gasteiger charge is -2.42. The Kier molecular flexibility index (Phi) is 4.21. The van der Waals surface area contributed by atoms with Gasteiger partial charge in [0.05, 0.1) is 0 Å². The van der Waals surface area contributed by atoms with Gasteiger partial charge in [0.15, 0.2) is 0 Å². The van der Waals surface area contributed by atoms with Crippen molar-refractivity contribution in [2.75, 3.05) is 46.3 Å². The van der Waals surface area contributed by atoms with Crippen LogP contribution in [0.4, 0.5) is 0 Å². The highest BCUT2D eigenvalue weighted by Gasteiger charge is 2.57. The molecule has 3 fully saturated rings. The van der Waals surface area contributed by atoms with Crippen molar-refractivity contribution in [3.63, 3.8) is 0 Å². The quantitative estimate of drug-likeness (QED) is 0.791. The van der Waals surface area contributed by atoms with Crippen LogP contribution in [0.5, 0.6) is 0 Å². The number of nitrogens with zero attached hydrogens (tertiary/aromatic N) is 3. The molecule has 0 saturated carbocycles. The Labute approximate surface area is 112 Å². The average Bonchev–Trinajstić information content (AvgIpc) is 3.16. The second kappa shape index (κ2) is 5.72. The van der Waals surface area contributed by atoms with Gasteiger partial charge in [0.2, 0.25) is 0 Å². The molecule has 0 amide bonds. The van der Waals surface area contributed by atoms with Crippen LogP contribution in [0.1, 0.15) is 38.5 Å². The van der Waals surface area contributed by atoms with Crippen molar-refractivity contribution in [3.8, 4) is 0 Å². The van der Waals surface area contributed by atoms with Gasteiger partial charge in [0.25, 0.3) is 0 Å². The van der Waals surface area contributed by atoms with E-state index in [1.165, 1.54) is 77.8 Å². The summed E-state index contributed by atoms with van der Waals surface area (Å²) in [5, 5.41) is 3.83. The van der Waals surface area contributed by atoms with E-state index in [0.717, 1.165) is 0 Å². The van der Waals surface area contributed by atoms with Crippen molar-refractivity contribution < 1.29 is 0 Å². The molecule has 0 bridgehead atoms. The molecule has 0 aromatic rings. The molecule has 1 N–H and O–H groups in total. The zero-order chi connectivity index (χ0) is 12.4. The van der Waals surface area contributed by atoms with Gasteiger partial charge in [-0.25, -0.2) is 0 Å². The summed E-state index contributed by atoms with van der Waals surface area (Å²) in [7, 11) is 0.841. The van der Waals surface area contributed by atoms with Gasteiger partial charge in [0, 0.05) is 46.3 Å². The Morgan fingerprint density at radius 1 is 0.611 bits per heavy atom. The van der Waals surface area contributed by atoms with Crippen LogP contribution in [0, 0.1) is 0 Å². The van der Waals surface area contributed by atoms with Crippen LogP contribution >= 0.6 is 7.87 Å². The molecule has 0 spiro atoms. The fraction of sp³-hybridized carbons (Fsp3) is 1.00. The number of nitrogens with one attached hydrogen (secondary N) is 1. The van der Waals surface area contributed by atoms with Crippen LogP contribution in [0.2, 0.25) is 0 Å². The topological polar surface area (TPSA) is 21.8 Å². The molecular formula is C13H28N4P+. The van der Waals surface area contributed by atoms with Crippen molar-refractivity contribution in [1.29, 1.82) is 0 Å². The maximum Gasteiger partial charge on any atom is 0.305 e. The molecule has 3 aliphatic rings. The normalized spacial score (nSPS) is 28.5. The fourth-order valence-electron chi connectivity index (χ4n) is 3.90. The molecule has 3 heterocycles. The molecule has 0 aromatic carbocycles. The predicted molar refractivity (Wildman–Crippen MR) is 78.4 cm³/mol. The van der Waals surface area contributed by atoms with Gasteiger partial charge < -0.3 is 0 Å². The zero-order valence-corrected chi connectivity index (χ0v) is 12.7. The molecule has 0 aromatic heterocycles. The minimum atomic E-state index is -1.37. The summed E-state index contributed by atoms with van der Waals surface area (Å²) in [5.74, 6) is 0. The Hall–Kier alpha value is 0.270. The fourth-order valence-corrected chi connectivity index (χ4v) is 8.34. The summed E-state index contributed by atoms with van der Waals surface area (Å²) in [6.45, 7) is 7.84. The van der Waals surface area contributed by atoms with E-state index in [2.05, 4.69) is 26.1 Å². The van der Waals surface area contributed by atoms with Crippen molar-refractivity contribution >= 4 is 7.87 Å². The highest BCUT2D eigenvalue weighted by Crippen LogP contribution is 2.66. The smallest absolute Gasteiger partial charge is 0.149 e. The molecule has 0 atom stereocenters. The zero-order valence-electron chi connectivity index (χ0n) is 11.8. The first-order valence-corrected chi connectivity index (χ1v) is 9.37. The standard InChI is InChI=1S/C13H28N4P/c1-14-18(15-8-2-3-9-15,16-10-4-5-11-16)17-12-6-7-13-17/h14H,2-13H2,1H3/q+1. The largest absolute Gasteiger partial charge is 0.305 e. The monoisotopic (exact) mass is 271 g/mol. The van der Waals surface area contributed by atoms with Gasteiger partial charge in [-0.05, 0) is 38.5 Å². The van der Waals surface area contributed by atoms with Crippen LogP contribution in [0.25, 0.3) is 0 Å². The minimum Gasteiger partial charge on any atom is -0.149 e. The van der Waals surface area contributed by atoms with Gasteiger partial charge in [-0.2, -0.15) is 0 Å². The third-order valence-corrected chi connectivity index (χ3v) is 8.90. The van der Waals surface area contributed by atoms with Crippen molar-refractivity contribution in [2.24, 2.45) is 0 Å².